The Balaban J connectivity index is 1.37. The van der Waals surface area contributed by atoms with Crippen molar-refractivity contribution in [1.82, 2.24) is 19.5 Å². The highest BCUT2D eigenvalue weighted by Crippen LogP contribution is 2.35. The average Bonchev–Trinajstić information content (AvgIpc) is 3.34. The van der Waals surface area contributed by atoms with E-state index in [-0.39, 0.29) is 11.4 Å². The smallest absolute Gasteiger partial charge is 0.216 e. The van der Waals surface area contributed by atoms with Crippen molar-refractivity contribution < 1.29 is 4.39 Å². The predicted molar refractivity (Wildman–Crippen MR) is 138 cm³/mol. The van der Waals surface area contributed by atoms with Gasteiger partial charge >= 0.3 is 0 Å². The number of imidazole rings is 1. The number of aromatic nitrogens is 3. The molecule has 0 bridgehead atoms. The average molecular weight is 479 g/mol. The highest BCUT2D eigenvalue weighted by atomic mass is 32.1. The van der Waals surface area contributed by atoms with Crippen LogP contribution < -0.4 is 10.2 Å². The summed E-state index contributed by atoms with van der Waals surface area (Å²) in [6.07, 6.45) is 0. The van der Waals surface area contributed by atoms with Gasteiger partial charge in [-0.05, 0) is 51.0 Å². The van der Waals surface area contributed by atoms with Crippen molar-refractivity contribution in [2.45, 2.75) is 39.8 Å². The molecule has 5 rings (SSSR count). The number of halogens is 1. The van der Waals surface area contributed by atoms with Crippen LogP contribution in [0, 0.1) is 12.7 Å². The highest BCUT2D eigenvalue weighted by Gasteiger charge is 2.25. The number of fused-ring (bicyclic) bond motifs is 1. The lowest BCUT2D eigenvalue weighted by Crippen LogP contribution is -2.46. The molecule has 1 N–H and O–H groups in total. The zero-order valence-electron chi connectivity index (χ0n) is 20.2. The second-order valence-electron chi connectivity index (χ2n) is 9.96. The number of aryl methyl sites for hydroxylation is 1. The quantitative estimate of drug-likeness (QED) is 0.414. The summed E-state index contributed by atoms with van der Waals surface area (Å²) in [7, 11) is 0. The number of nitrogens with one attached hydrogen (secondary N) is 1. The van der Waals surface area contributed by atoms with E-state index in [4.69, 9.17) is 10.1 Å². The molecule has 0 unspecified atom stereocenters. The van der Waals surface area contributed by atoms with E-state index in [1.165, 1.54) is 23.3 Å². The second-order valence-corrected chi connectivity index (χ2v) is 10.9. The van der Waals surface area contributed by atoms with Crippen LogP contribution in [0.15, 0.2) is 48.5 Å². The standard InChI is InChI=1S/C26H31FN6S/c1-18-8-5-6-9-20(18)17-31-12-14-32(15-13-31)25-30-33-23(29-26(2,3)4)22(28-24(33)34-25)19-10-7-11-21(27)16-19/h5-11,16,29H,12-15,17H2,1-4H3. The minimum Gasteiger partial charge on any atom is -0.364 e. The van der Waals surface area contributed by atoms with E-state index < -0.39 is 0 Å². The van der Waals surface area contributed by atoms with Crippen LogP contribution in [0.3, 0.4) is 0 Å². The normalized spacial score (nSPS) is 15.3. The van der Waals surface area contributed by atoms with Gasteiger partial charge in [0.05, 0.1) is 0 Å². The van der Waals surface area contributed by atoms with Crippen LogP contribution in [-0.4, -0.2) is 51.2 Å². The molecule has 4 aromatic rings. The SMILES string of the molecule is Cc1ccccc1CN1CCN(c2nn3c(NC(C)(C)C)c(-c4cccc(F)c4)nc3s2)CC1. The van der Waals surface area contributed by atoms with Gasteiger partial charge < -0.3 is 10.2 Å². The van der Waals surface area contributed by atoms with Gasteiger partial charge in [-0.25, -0.2) is 9.37 Å². The fourth-order valence-corrected chi connectivity index (χ4v) is 5.25. The first-order chi connectivity index (χ1) is 16.3. The Morgan fingerprint density at radius 1 is 1.03 bits per heavy atom. The number of benzene rings is 2. The van der Waals surface area contributed by atoms with Crippen LogP contribution in [0.4, 0.5) is 15.3 Å². The van der Waals surface area contributed by atoms with Crippen LogP contribution in [0.25, 0.3) is 16.2 Å². The summed E-state index contributed by atoms with van der Waals surface area (Å²) in [6, 6.07) is 15.2. The van der Waals surface area contributed by atoms with Crippen LogP contribution in [0.2, 0.25) is 0 Å². The second kappa shape index (κ2) is 9.00. The van der Waals surface area contributed by atoms with Gasteiger partial charge in [0.15, 0.2) is 5.82 Å². The number of rotatable bonds is 5. The summed E-state index contributed by atoms with van der Waals surface area (Å²) in [4.78, 5) is 10.5. The third-order valence-electron chi connectivity index (χ3n) is 6.08. The summed E-state index contributed by atoms with van der Waals surface area (Å²) < 4.78 is 15.8. The number of hydrogen-bond acceptors (Lipinski definition) is 6. The number of hydrogen-bond donors (Lipinski definition) is 1. The maximum atomic E-state index is 13.9. The van der Waals surface area contributed by atoms with E-state index in [0.29, 0.717) is 0 Å². The van der Waals surface area contributed by atoms with Crippen molar-refractivity contribution in [2.75, 3.05) is 36.4 Å². The molecule has 0 spiro atoms. The monoisotopic (exact) mass is 478 g/mol. The predicted octanol–water partition coefficient (Wildman–Crippen LogP) is 5.44. The van der Waals surface area contributed by atoms with E-state index in [9.17, 15) is 4.39 Å². The number of anilines is 2. The first-order valence-electron chi connectivity index (χ1n) is 11.7. The number of piperazine rings is 1. The molecule has 0 radical (unpaired) electrons. The molecule has 0 atom stereocenters. The van der Waals surface area contributed by atoms with E-state index in [0.717, 1.165) is 59.9 Å². The molecule has 178 valence electrons. The Hall–Kier alpha value is -2.97. The van der Waals surface area contributed by atoms with Crippen LogP contribution in [0.1, 0.15) is 31.9 Å². The summed E-state index contributed by atoms with van der Waals surface area (Å²) in [6.45, 7) is 13.3. The Morgan fingerprint density at radius 3 is 2.50 bits per heavy atom. The van der Waals surface area contributed by atoms with Gasteiger partial charge in [-0.2, -0.15) is 4.52 Å². The van der Waals surface area contributed by atoms with E-state index in [1.54, 1.807) is 17.4 Å². The van der Waals surface area contributed by atoms with Gasteiger partial charge in [-0.3, -0.25) is 4.90 Å². The van der Waals surface area contributed by atoms with Gasteiger partial charge in [0.1, 0.15) is 11.5 Å². The minimum absolute atomic E-state index is 0.191. The third kappa shape index (κ3) is 4.79. The van der Waals surface area contributed by atoms with E-state index in [1.807, 2.05) is 10.6 Å². The van der Waals surface area contributed by atoms with Crippen molar-refractivity contribution in [3.8, 4) is 11.3 Å². The topological polar surface area (TPSA) is 48.7 Å². The zero-order chi connectivity index (χ0) is 23.9. The molecule has 1 fully saturated rings. The Morgan fingerprint density at radius 2 is 1.79 bits per heavy atom. The summed E-state index contributed by atoms with van der Waals surface area (Å²) in [5, 5.41) is 9.45. The van der Waals surface area contributed by atoms with Gasteiger partial charge in [0.25, 0.3) is 0 Å². The molecule has 0 saturated carbocycles. The van der Waals surface area contributed by atoms with Gasteiger partial charge in [-0.1, -0.05) is 47.7 Å². The van der Waals surface area contributed by atoms with Gasteiger partial charge in [0, 0.05) is 43.8 Å². The molecule has 1 aliphatic rings. The lowest BCUT2D eigenvalue weighted by atomic mass is 10.1. The maximum Gasteiger partial charge on any atom is 0.216 e. The first kappa shape index (κ1) is 22.8. The van der Waals surface area contributed by atoms with Crippen molar-refractivity contribution in [3.05, 3.63) is 65.5 Å². The van der Waals surface area contributed by atoms with Crippen molar-refractivity contribution >= 4 is 27.2 Å². The fourth-order valence-electron chi connectivity index (χ4n) is 4.30. The molecule has 2 aromatic carbocycles. The molecule has 3 heterocycles. The van der Waals surface area contributed by atoms with Crippen LogP contribution in [-0.2, 0) is 6.54 Å². The molecular weight excluding hydrogens is 447 g/mol. The number of nitrogens with zero attached hydrogens (tertiary/aromatic N) is 5. The Kier molecular flexibility index (Phi) is 6.04. The molecule has 2 aromatic heterocycles. The van der Waals surface area contributed by atoms with Crippen molar-refractivity contribution in [2.24, 2.45) is 0 Å². The molecule has 0 aliphatic carbocycles. The molecule has 1 aliphatic heterocycles. The fraction of sp³-hybridized carbons (Fsp3) is 0.385. The summed E-state index contributed by atoms with van der Waals surface area (Å²) in [5.41, 5.74) is 4.02. The maximum absolute atomic E-state index is 13.9. The largest absolute Gasteiger partial charge is 0.364 e. The molecular formula is C26H31FN6S. The van der Waals surface area contributed by atoms with Crippen molar-refractivity contribution in [1.29, 1.82) is 0 Å². The molecule has 1 saturated heterocycles. The first-order valence-corrected chi connectivity index (χ1v) is 12.5. The van der Waals surface area contributed by atoms with Gasteiger partial charge in [-0.15, -0.1) is 5.10 Å². The zero-order valence-corrected chi connectivity index (χ0v) is 21.0. The Labute approximate surface area is 204 Å². The lowest BCUT2D eigenvalue weighted by molar-refractivity contribution is 0.249. The molecule has 0 amide bonds. The summed E-state index contributed by atoms with van der Waals surface area (Å²) >= 11 is 1.59. The Bertz CT molecular complexity index is 1300. The summed E-state index contributed by atoms with van der Waals surface area (Å²) in [5.74, 6) is 0.529. The van der Waals surface area contributed by atoms with E-state index >= 15 is 0 Å². The molecule has 34 heavy (non-hydrogen) atoms. The highest BCUT2D eigenvalue weighted by molar-refractivity contribution is 7.20. The lowest BCUT2D eigenvalue weighted by Gasteiger charge is -2.34. The molecule has 8 heteroatoms. The van der Waals surface area contributed by atoms with Crippen LogP contribution >= 0.6 is 11.3 Å². The minimum atomic E-state index is -0.271. The van der Waals surface area contributed by atoms with E-state index in [2.05, 4.69) is 67.1 Å². The molecule has 6 nitrogen and oxygen atoms in total. The van der Waals surface area contributed by atoms with Crippen molar-refractivity contribution in [3.63, 3.8) is 0 Å². The van der Waals surface area contributed by atoms with Crippen LogP contribution in [0.5, 0.6) is 0 Å². The van der Waals surface area contributed by atoms with Gasteiger partial charge in [0.2, 0.25) is 10.1 Å². The third-order valence-corrected chi connectivity index (χ3v) is 7.05.